The molecule has 0 amide bonds. The number of fused-ring (bicyclic) bond motifs is 3. The molecular weight excluding hydrogens is 424 g/mol. The quantitative estimate of drug-likeness (QED) is 0.440. The van der Waals surface area contributed by atoms with Crippen LogP contribution in [0.4, 0.5) is 17.6 Å². The minimum absolute atomic E-state index is 0.136. The first kappa shape index (κ1) is 20.0. The van der Waals surface area contributed by atoms with Gasteiger partial charge in [0.25, 0.3) is 0 Å². The third-order valence-corrected chi connectivity index (χ3v) is 7.27. The summed E-state index contributed by atoms with van der Waals surface area (Å²) in [6.45, 7) is 0.502. The van der Waals surface area contributed by atoms with Gasteiger partial charge < -0.3 is 9.47 Å². The fourth-order valence-corrected chi connectivity index (χ4v) is 6.06. The van der Waals surface area contributed by atoms with Crippen molar-refractivity contribution >= 4 is 23.3 Å². The van der Waals surface area contributed by atoms with Gasteiger partial charge in [-0.2, -0.15) is 13.2 Å². The van der Waals surface area contributed by atoms with E-state index in [0.29, 0.717) is 29.4 Å². The number of nitrogens with zero attached hydrogens (tertiary/aromatic N) is 1. The summed E-state index contributed by atoms with van der Waals surface area (Å²) in [5.41, 5.74) is -0.470. The van der Waals surface area contributed by atoms with Crippen molar-refractivity contribution in [3.05, 3.63) is 47.3 Å². The summed E-state index contributed by atoms with van der Waals surface area (Å²) in [6.07, 6.45) is -0.266. The molecule has 1 saturated carbocycles. The fraction of sp³-hybridized carbons (Fsp3) is 0.500. The Morgan fingerprint density at radius 3 is 2.93 bits per heavy atom. The smallest absolute Gasteiger partial charge is 0.416 e. The average Bonchev–Trinajstić information content (AvgIpc) is 3.38. The first-order valence-electron chi connectivity index (χ1n) is 9.58. The highest BCUT2D eigenvalue weighted by molar-refractivity contribution is 8.12. The van der Waals surface area contributed by atoms with Crippen molar-refractivity contribution in [1.29, 1.82) is 0 Å². The van der Waals surface area contributed by atoms with Crippen molar-refractivity contribution in [2.45, 2.75) is 35.7 Å². The molecule has 3 bridgehead atoms. The van der Waals surface area contributed by atoms with Crippen LogP contribution in [0, 0.1) is 17.7 Å². The Bertz CT molecular complexity index is 929. The Balaban J connectivity index is 1.27. The summed E-state index contributed by atoms with van der Waals surface area (Å²) >= 11 is 1.69. The van der Waals surface area contributed by atoms with Crippen LogP contribution >= 0.6 is 11.8 Å². The van der Waals surface area contributed by atoms with E-state index in [1.165, 1.54) is 0 Å². The number of halogens is 4. The minimum atomic E-state index is -4.68. The molecule has 10 heteroatoms. The highest BCUT2D eigenvalue weighted by atomic mass is 32.2. The van der Waals surface area contributed by atoms with Crippen LogP contribution in [0.15, 0.2) is 35.3 Å². The number of esters is 1. The van der Waals surface area contributed by atoms with Crippen LogP contribution in [0.2, 0.25) is 0 Å². The Labute approximate surface area is 173 Å². The number of rotatable bonds is 4. The van der Waals surface area contributed by atoms with Crippen molar-refractivity contribution in [2.24, 2.45) is 16.8 Å². The van der Waals surface area contributed by atoms with Gasteiger partial charge in [-0.3, -0.25) is 10.3 Å². The topological polar surface area (TPSA) is 59.9 Å². The van der Waals surface area contributed by atoms with Crippen LogP contribution in [0.25, 0.3) is 0 Å². The van der Waals surface area contributed by atoms with Gasteiger partial charge in [0.05, 0.1) is 28.8 Å². The number of hydrogen-bond donors (Lipinski definition) is 1. The zero-order valence-electron chi connectivity index (χ0n) is 15.6. The summed E-state index contributed by atoms with van der Waals surface area (Å²) in [4.78, 5) is 16.6. The number of benzene rings is 1. The first-order chi connectivity index (χ1) is 14.3. The van der Waals surface area contributed by atoms with Crippen molar-refractivity contribution in [2.75, 3.05) is 13.2 Å². The normalized spacial score (nSPS) is 36.5. The number of carbonyl (C=O) groups excluding carboxylic acids is 1. The molecule has 2 aliphatic carbocycles. The summed E-state index contributed by atoms with van der Waals surface area (Å²) < 4.78 is 63.9. The molecule has 2 aliphatic heterocycles. The lowest BCUT2D eigenvalue weighted by molar-refractivity contribution is -0.148. The molecule has 5 rings (SSSR count). The van der Waals surface area contributed by atoms with Crippen LogP contribution < -0.4 is 5.32 Å². The third-order valence-electron chi connectivity index (χ3n) is 6.21. The number of nitrogens with one attached hydrogen (secondary N) is 1. The lowest BCUT2D eigenvalue weighted by Crippen LogP contribution is -2.62. The van der Waals surface area contributed by atoms with Crippen molar-refractivity contribution in [3.63, 3.8) is 0 Å². The molecule has 30 heavy (non-hydrogen) atoms. The molecule has 1 aromatic rings. The van der Waals surface area contributed by atoms with E-state index >= 15 is 0 Å². The van der Waals surface area contributed by atoms with Crippen LogP contribution in [-0.4, -0.2) is 47.8 Å². The van der Waals surface area contributed by atoms with Gasteiger partial charge in [-0.1, -0.05) is 12.2 Å². The van der Waals surface area contributed by atoms with Crippen molar-refractivity contribution < 1.29 is 31.8 Å². The van der Waals surface area contributed by atoms with Gasteiger partial charge in [0.2, 0.25) is 0 Å². The molecule has 6 atom stereocenters. The van der Waals surface area contributed by atoms with Crippen LogP contribution in [-0.2, 0) is 15.7 Å². The summed E-state index contributed by atoms with van der Waals surface area (Å²) in [6, 6.07) is 1.80. The highest BCUT2D eigenvalue weighted by Gasteiger charge is 2.62. The Morgan fingerprint density at radius 2 is 2.23 bits per heavy atom. The molecule has 1 spiro atoms. The second kappa shape index (κ2) is 7.06. The molecule has 0 aromatic heterocycles. The Hall–Kier alpha value is -1.91. The molecule has 6 unspecified atom stereocenters. The number of thioether (sulfide) groups is 1. The average molecular weight is 442 g/mol. The second-order valence-corrected chi connectivity index (χ2v) is 9.03. The van der Waals surface area contributed by atoms with E-state index in [1.54, 1.807) is 11.8 Å². The summed E-state index contributed by atoms with van der Waals surface area (Å²) in [7, 11) is 0. The maximum absolute atomic E-state index is 13.9. The predicted molar refractivity (Wildman–Crippen MR) is 102 cm³/mol. The lowest BCUT2D eigenvalue weighted by atomic mass is 9.81. The molecular formula is C20H18F4N2O3S. The van der Waals surface area contributed by atoms with E-state index in [2.05, 4.69) is 22.5 Å². The Kier molecular flexibility index (Phi) is 4.71. The maximum atomic E-state index is 13.9. The highest BCUT2D eigenvalue weighted by Crippen LogP contribution is 2.55. The van der Waals surface area contributed by atoms with Gasteiger partial charge in [-0.25, -0.2) is 9.18 Å². The lowest BCUT2D eigenvalue weighted by Gasteiger charge is -2.47. The molecule has 5 nitrogen and oxygen atoms in total. The first-order valence-corrected chi connectivity index (χ1v) is 10.5. The van der Waals surface area contributed by atoms with Crippen LogP contribution in [0.5, 0.6) is 0 Å². The van der Waals surface area contributed by atoms with Gasteiger partial charge in [0.15, 0.2) is 0 Å². The fourth-order valence-electron chi connectivity index (χ4n) is 4.99. The molecule has 2 heterocycles. The minimum Gasteiger partial charge on any atom is -0.458 e. The largest absolute Gasteiger partial charge is 0.458 e. The monoisotopic (exact) mass is 442 g/mol. The summed E-state index contributed by atoms with van der Waals surface area (Å²) in [5, 5.41) is 3.67. The van der Waals surface area contributed by atoms with E-state index in [-0.39, 0.29) is 18.6 Å². The number of hydrogen-bond acceptors (Lipinski definition) is 6. The van der Waals surface area contributed by atoms with Gasteiger partial charge in [-0.05, 0) is 30.5 Å². The standard InChI is InChI=1S/C20H18F4N2O3S/c21-13-2-1-11(20(22,23)24)5-12(13)18(27)28-8-15-26-17-10-3-4-19(6-10,29-15)16(17)14-7-25-9-30-14/h1-5,9-10,14-17,26H,6-8H2. The van der Waals surface area contributed by atoms with Crippen molar-refractivity contribution in [3.8, 4) is 0 Å². The molecule has 1 saturated heterocycles. The zero-order chi connectivity index (χ0) is 21.1. The zero-order valence-corrected chi connectivity index (χ0v) is 16.4. The maximum Gasteiger partial charge on any atom is 0.416 e. The number of aliphatic imine (C=N–C) groups is 1. The molecule has 4 aliphatic rings. The summed E-state index contributed by atoms with van der Waals surface area (Å²) in [5.74, 6) is -1.69. The van der Waals surface area contributed by atoms with Crippen molar-refractivity contribution in [1.82, 2.24) is 5.32 Å². The van der Waals surface area contributed by atoms with Crippen LogP contribution in [0.1, 0.15) is 22.3 Å². The second-order valence-electron chi connectivity index (χ2n) is 7.94. The Morgan fingerprint density at radius 1 is 1.40 bits per heavy atom. The molecule has 0 radical (unpaired) electrons. The molecule has 2 fully saturated rings. The number of alkyl halides is 3. The van der Waals surface area contributed by atoms with Gasteiger partial charge in [0, 0.05) is 17.2 Å². The van der Waals surface area contributed by atoms with E-state index in [1.807, 2.05) is 5.55 Å². The predicted octanol–water partition coefficient (Wildman–Crippen LogP) is 3.40. The molecule has 160 valence electrons. The van der Waals surface area contributed by atoms with E-state index in [4.69, 9.17) is 9.47 Å². The van der Waals surface area contributed by atoms with Gasteiger partial charge in [-0.15, -0.1) is 11.8 Å². The SMILES string of the molecule is O=C(OCC1NC2C3C=CC(C3)(O1)C2C1CN=CS1)c1cc(C(F)(F)F)ccc1F. The van der Waals surface area contributed by atoms with E-state index < -0.39 is 40.9 Å². The number of carbonyl (C=O) groups is 1. The van der Waals surface area contributed by atoms with E-state index in [9.17, 15) is 22.4 Å². The van der Waals surface area contributed by atoms with Gasteiger partial charge in [0.1, 0.15) is 18.7 Å². The third kappa shape index (κ3) is 3.25. The van der Waals surface area contributed by atoms with Gasteiger partial charge >= 0.3 is 12.1 Å². The van der Waals surface area contributed by atoms with Crippen LogP contribution in [0.3, 0.4) is 0 Å². The molecule has 1 N–H and O–H groups in total. The molecule has 1 aromatic carbocycles. The number of ether oxygens (including phenoxy) is 2. The van der Waals surface area contributed by atoms with E-state index in [0.717, 1.165) is 13.0 Å².